The van der Waals surface area contributed by atoms with Gasteiger partial charge in [-0.25, -0.2) is 0 Å². The maximum atomic E-state index is 10.0. The molecule has 1 N–H and O–H groups in total. The maximum absolute atomic E-state index is 10.0. The maximum Gasteiger partial charge on any atom is 0.134 e. The highest BCUT2D eigenvalue weighted by molar-refractivity contribution is 5.61. The van der Waals surface area contributed by atoms with E-state index in [0.717, 1.165) is 0 Å². The van der Waals surface area contributed by atoms with E-state index in [1.165, 1.54) is 32.1 Å². The van der Waals surface area contributed by atoms with Crippen molar-refractivity contribution in [3.8, 4) is 0 Å². The van der Waals surface area contributed by atoms with Crippen molar-refractivity contribution >= 4 is 6.09 Å². The van der Waals surface area contributed by atoms with Gasteiger partial charge in [0, 0.05) is 6.54 Å². The summed E-state index contributed by atoms with van der Waals surface area (Å²) in [6, 6.07) is 0. The molecular formula is C8H14NO2-. The van der Waals surface area contributed by atoms with Crippen molar-refractivity contribution < 1.29 is 9.90 Å². The first-order valence-corrected chi connectivity index (χ1v) is 4.24. The average Bonchev–Trinajstić information content (AvgIpc) is 2.03. The molecule has 1 aliphatic rings. The number of carboxylic acid groups (broad SMARTS) is 1. The molecular weight excluding hydrogens is 142 g/mol. The molecule has 11 heavy (non-hydrogen) atoms. The molecule has 0 aliphatic heterocycles. The summed E-state index contributed by atoms with van der Waals surface area (Å²) < 4.78 is 0. The smallest absolute Gasteiger partial charge is 0.134 e. The Kier molecular flexibility index (Phi) is 3.20. The van der Waals surface area contributed by atoms with Crippen LogP contribution in [-0.4, -0.2) is 12.6 Å². The fraction of sp³-hybridized carbons (Fsp3) is 0.875. The normalized spacial score (nSPS) is 19.6. The summed E-state index contributed by atoms with van der Waals surface area (Å²) in [5.41, 5.74) is 0. The summed E-state index contributed by atoms with van der Waals surface area (Å²) >= 11 is 0. The van der Waals surface area contributed by atoms with E-state index in [4.69, 9.17) is 0 Å². The van der Waals surface area contributed by atoms with Gasteiger partial charge >= 0.3 is 0 Å². The van der Waals surface area contributed by atoms with Crippen molar-refractivity contribution in [2.75, 3.05) is 6.54 Å². The van der Waals surface area contributed by atoms with E-state index in [1.54, 1.807) is 0 Å². The number of hydrogen-bond acceptors (Lipinski definition) is 2. The van der Waals surface area contributed by atoms with Crippen LogP contribution in [0, 0.1) is 5.92 Å². The van der Waals surface area contributed by atoms with E-state index in [1.807, 2.05) is 0 Å². The SMILES string of the molecule is O=C([O-])NCC1CCCCC1. The first kappa shape index (κ1) is 8.37. The molecule has 64 valence electrons. The van der Waals surface area contributed by atoms with Crippen LogP contribution in [0.4, 0.5) is 4.79 Å². The second-order valence-electron chi connectivity index (χ2n) is 3.17. The van der Waals surface area contributed by atoms with Crippen LogP contribution in [0.25, 0.3) is 0 Å². The summed E-state index contributed by atoms with van der Waals surface area (Å²) in [5.74, 6) is 0.557. The summed E-state index contributed by atoms with van der Waals surface area (Å²) in [6.07, 6.45) is 5.00. The van der Waals surface area contributed by atoms with Gasteiger partial charge in [0.1, 0.15) is 6.09 Å². The molecule has 0 unspecified atom stereocenters. The number of carbonyl (C=O) groups is 1. The van der Waals surface area contributed by atoms with E-state index in [0.29, 0.717) is 12.5 Å². The van der Waals surface area contributed by atoms with Gasteiger partial charge in [0.15, 0.2) is 0 Å². The Hall–Kier alpha value is -0.730. The lowest BCUT2D eigenvalue weighted by molar-refractivity contribution is -0.251. The minimum atomic E-state index is -1.14. The van der Waals surface area contributed by atoms with Crippen LogP contribution in [0.1, 0.15) is 32.1 Å². The monoisotopic (exact) mass is 156 g/mol. The molecule has 1 saturated carbocycles. The number of hydrogen-bond donors (Lipinski definition) is 1. The van der Waals surface area contributed by atoms with Crippen molar-refractivity contribution in [3.63, 3.8) is 0 Å². The van der Waals surface area contributed by atoms with E-state index in [9.17, 15) is 9.90 Å². The molecule has 0 aromatic heterocycles. The zero-order valence-corrected chi connectivity index (χ0v) is 6.64. The Morgan fingerprint density at radius 1 is 1.36 bits per heavy atom. The highest BCUT2D eigenvalue weighted by atomic mass is 16.4. The van der Waals surface area contributed by atoms with Gasteiger partial charge in [0.05, 0.1) is 0 Å². The molecule has 0 bridgehead atoms. The zero-order valence-electron chi connectivity index (χ0n) is 6.64. The summed E-state index contributed by atoms with van der Waals surface area (Å²) in [6.45, 7) is 0.586. The molecule has 3 heteroatoms. The quantitative estimate of drug-likeness (QED) is 0.633. The summed E-state index contributed by atoms with van der Waals surface area (Å²) in [5, 5.41) is 12.3. The Labute approximate surface area is 66.8 Å². The lowest BCUT2D eigenvalue weighted by atomic mass is 9.89. The highest BCUT2D eigenvalue weighted by Gasteiger charge is 2.12. The van der Waals surface area contributed by atoms with Gasteiger partial charge in [0.2, 0.25) is 0 Å². The molecule has 0 aromatic rings. The molecule has 1 aliphatic carbocycles. The molecule has 3 nitrogen and oxygen atoms in total. The largest absolute Gasteiger partial charge is 0.530 e. The number of carbonyl (C=O) groups excluding carboxylic acids is 1. The van der Waals surface area contributed by atoms with E-state index in [2.05, 4.69) is 5.32 Å². The topological polar surface area (TPSA) is 52.2 Å². The van der Waals surface area contributed by atoms with Crippen LogP contribution in [0.15, 0.2) is 0 Å². The van der Waals surface area contributed by atoms with Crippen LogP contribution in [0.3, 0.4) is 0 Å². The van der Waals surface area contributed by atoms with Crippen molar-refractivity contribution in [2.45, 2.75) is 32.1 Å². The van der Waals surface area contributed by atoms with Crippen LogP contribution >= 0.6 is 0 Å². The van der Waals surface area contributed by atoms with Gasteiger partial charge in [-0.3, -0.25) is 0 Å². The molecule has 0 spiro atoms. The minimum Gasteiger partial charge on any atom is -0.530 e. The molecule has 1 fully saturated rings. The van der Waals surface area contributed by atoms with E-state index >= 15 is 0 Å². The summed E-state index contributed by atoms with van der Waals surface area (Å²) in [4.78, 5) is 10.0. The van der Waals surface area contributed by atoms with Crippen molar-refractivity contribution in [1.29, 1.82) is 0 Å². The minimum absolute atomic E-state index is 0.557. The first-order chi connectivity index (χ1) is 5.29. The van der Waals surface area contributed by atoms with E-state index in [-0.39, 0.29) is 0 Å². The predicted octanol–water partition coefficient (Wildman–Crippen LogP) is 0.500. The van der Waals surface area contributed by atoms with Gasteiger partial charge in [-0.05, 0) is 18.8 Å². The highest BCUT2D eigenvalue weighted by Crippen LogP contribution is 2.22. The Balaban J connectivity index is 2.09. The zero-order chi connectivity index (χ0) is 8.10. The van der Waals surface area contributed by atoms with Gasteiger partial charge < -0.3 is 15.2 Å². The third-order valence-electron chi connectivity index (χ3n) is 2.26. The lowest BCUT2D eigenvalue weighted by Gasteiger charge is -2.22. The van der Waals surface area contributed by atoms with Crippen molar-refractivity contribution in [2.24, 2.45) is 5.92 Å². The molecule has 0 atom stereocenters. The second-order valence-corrected chi connectivity index (χ2v) is 3.17. The third-order valence-corrected chi connectivity index (χ3v) is 2.26. The first-order valence-electron chi connectivity index (χ1n) is 4.24. The van der Waals surface area contributed by atoms with Gasteiger partial charge in [-0.1, -0.05) is 19.3 Å². The Bertz CT molecular complexity index is 130. The Morgan fingerprint density at radius 2 is 2.00 bits per heavy atom. The summed E-state index contributed by atoms with van der Waals surface area (Å²) in [7, 11) is 0. The molecule has 1 rings (SSSR count). The number of nitrogens with one attached hydrogen (secondary N) is 1. The van der Waals surface area contributed by atoms with Gasteiger partial charge in [-0.2, -0.15) is 0 Å². The van der Waals surface area contributed by atoms with Gasteiger partial charge in [-0.15, -0.1) is 0 Å². The molecule has 0 heterocycles. The third kappa shape index (κ3) is 3.25. The van der Waals surface area contributed by atoms with Crippen LogP contribution in [0.2, 0.25) is 0 Å². The van der Waals surface area contributed by atoms with Crippen LogP contribution in [-0.2, 0) is 0 Å². The second kappa shape index (κ2) is 4.21. The molecule has 1 amide bonds. The molecule has 0 radical (unpaired) electrons. The van der Waals surface area contributed by atoms with Crippen molar-refractivity contribution in [1.82, 2.24) is 5.32 Å². The predicted molar refractivity (Wildman–Crippen MR) is 40.0 cm³/mol. The van der Waals surface area contributed by atoms with Crippen LogP contribution in [0.5, 0.6) is 0 Å². The lowest BCUT2D eigenvalue weighted by Crippen LogP contribution is -2.39. The Morgan fingerprint density at radius 3 is 2.55 bits per heavy atom. The van der Waals surface area contributed by atoms with Gasteiger partial charge in [0.25, 0.3) is 0 Å². The molecule has 0 aromatic carbocycles. The number of rotatable bonds is 2. The fourth-order valence-electron chi connectivity index (χ4n) is 1.62. The van der Waals surface area contributed by atoms with Crippen LogP contribution < -0.4 is 10.4 Å². The van der Waals surface area contributed by atoms with Crippen molar-refractivity contribution in [3.05, 3.63) is 0 Å². The fourth-order valence-corrected chi connectivity index (χ4v) is 1.62. The molecule has 0 saturated heterocycles. The average molecular weight is 156 g/mol. The van der Waals surface area contributed by atoms with E-state index < -0.39 is 6.09 Å². The standard InChI is InChI=1S/C8H15NO2/c10-8(11)9-6-7-4-2-1-3-5-7/h7,9H,1-6H2,(H,10,11)/p-1. The number of amides is 1.